The fraction of sp³-hybridized carbons (Fsp3) is 0.250. The van der Waals surface area contributed by atoms with Crippen molar-refractivity contribution >= 4 is 35.8 Å². The van der Waals surface area contributed by atoms with E-state index in [2.05, 4.69) is 122 Å². The second-order valence-corrected chi connectivity index (χ2v) is 19.4. The molecule has 2 aliphatic carbocycles. The zero-order valence-electron chi connectivity index (χ0n) is 21.3. The van der Waals surface area contributed by atoms with E-state index in [1.807, 2.05) is 0 Å². The summed E-state index contributed by atoms with van der Waals surface area (Å²) in [6.07, 6.45) is 8.41. The zero-order chi connectivity index (χ0) is 24.3. The molecule has 4 aromatic rings. The molecule has 35 heavy (non-hydrogen) atoms. The van der Waals surface area contributed by atoms with Crippen molar-refractivity contribution in [2.75, 3.05) is 0 Å². The minimum atomic E-state index is -3.48. The number of benzene rings is 4. The van der Waals surface area contributed by atoms with Gasteiger partial charge in [-0.25, -0.2) is 0 Å². The van der Waals surface area contributed by atoms with Crippen molar-refractivity contribution in [3.8, 4) is 0 Å². The van der Waals surface area contributed by atoms with Crippen molar-refractivity contribution < 1.29 is 19.8 Å². The van der Waals surface area contributed by atoms with E-state index in [1.165, 1.54) is 43.8 Å². The first-order chi connectivity index (χ1) is 16.9. The van der Waals surface area contributed by atoms with E-state index in [1.54, 1.807) is 3.28 Å². The molecule has 0 bridgehead atoms. The first-order valence-corrected chi connectivity index (χ1v) is 18.4. The molecule has 0 aliphatic heterocycles. The van der Waals surface area contributed by atoms with Gasteiger partial charge in [0.25, 0.3) is 0 Å². The van der Waals surface area contributed by atoms with Crippen molar-refractivity contribution in [1.29, 1.82) is 0 Å². The van der Waals surface area contributed by atoms with Crippen LogP contribution in [0.5, 0.6) is 0 Å². The standard InChI is InChI=1S/C17H11.C9H7.C6H14N.BH.Zr/c1-2-6-15-12(4-1)8-10-14-11-9-13-5-3-7-16(13)17(14)15;1-2-5-9-7-3-6-8(9)4-1;1-5(2)7-6(3)4;;/h1-4,6,8-11H,7H2;1-7H;5-6H,1-4H3;1H;/q;;-1;;+1. The van der Waals surface area contributed by atoms with Crippen LogP contribution in [0.25, 0.3) is 30.9 Å². The molecular formula is C32H33BNZr. The third-order valence-electron chi connectivity index (χ3n) is 8.17. The molecule has 0 N–H and O–H groups in total. The van der Waals surface area contributed by atoms with E-state index in [0.717, 1.165) is 6.42 Å². The Balaban J connectivity index is 1.61. The minimum absolute atomic E-state index is 0.408. The van der Waals surface area contributed by atoms with Crippen LogP contribution in [0, 0.1) is 0 Å². The van der Waals surface area contributed by atoms with E-state index in [0.29, 0.717) is 15.7 Å². The molecule has 1 nitrogen and oxygen atoms in total. The van der Waals surface area contributed by atoms with E-state index >= 15 is 0 Å². The van der Waals surface area contributed by atoms with Crippen LogP contribution < -0.4 is 0 Å². The van der Waals surface area contributed by atoms with Crippen molar-refractivity contribution in [1.82, 2.24) is 2.84 Å². The Hall–Kier alpha value is -2.21. The monoisotopic (exact) mass is 532 g/mol. The van der Waals surface area contributed by atoms with Crippen molar-refractivity contribution in [3.63, 3.8) is 0 Å². The molecule has 173 valence electrons. The summed E-state index contributed by atoms with van der Waals surface area (Å²) in [6, 6.07) is 28.1. The van der Waals surface area contributed by atoms with Crippen LogP contribution >= 0.6 is 0 Å². The predicted octanol–water partition coefficient (Wildman–Crippen LogP) is 7.66. The number of hydrogen-bond acceptors (Lipinski definition) is 1. The number of nitrogens with zero attached hydrogens (tertiary/aromatic N) is 1. The van der Waals surface area contributed by atoms with Crippen molar-refractivity contribution in [2.24, 2.45) is 0 Å². The molecule has 2 aliphatic rings. The normalized spacial score (nSPS) is 18.5. The molecule has 0 heterocycles. The fourth-order valence-corrected chi connectivity index (χ4v) is 19.6. The van der Waals surface area contributed by atoms with Gasteiger partial charge in [0.15, 0.2) is 0 Å². The van der Waals surface area contributed by atoms with Gasteiger partial charge in [0.2, 0.25) is 0 Å². The third kappa shape index (κ3) is 3.50. The number of fused-ring (bicyclic) bond motifs is 6. The Bertz CT molecular complexity index is 1570. The first-order valence-electron chi connectivity index (χ1n) is 13.0. The van der Waals surface area contributed by atoms with Gasteiger partial charge in [0, 0.05) is 0 Å². The van der Waals surface area contributed by atoms with Crippen LogP contribution in [0.4, 0.5) is 0 Å². The molecule has 0 saturated heterocycles. The molecule has 0 fully saturated rings. The molecule has 2 atom stereocenters. The molecule has 0 amide bonds. The van der Waals surface area contributed by atoms with Crippen LogP contribution in [0.2, 0.25) is 0 Å². The summed E-state index contributed by atoms with van der Waals surface area (Å²) in [5.41, 5.74) is 5.81. The molecule has 0 saturated carbocycles. The maximum atomic E-state index is 5.33. The molecule has 6 rings (SSSR count). The topological polar surface area (TPSA) is 3.24 Å². The summed E-state index contributed by atoms with van der Waals surface area (Å²) in [4.78, 5) is 5.33. The number of rotatable bonds is 5. The molecule has 2 unspecified atom stereocenters. The molecule has 0 spiro atoms. The van der Waals surface area contributed by atoms with Gasteiger partial charge in [0.1, 0.15) is 0 Å². The van der Waals surface area contributed by atoms with Gasteiger partial charge in [-0.05, 0) is 0 Å². The van der Waals surface area contributed by atoms with Gasteiger partial charge >= 0.3 is 216 Å². The number of allylic oxidation sites excluding steroid dienone is 2. The zero-order valence-corrected chi connectivity index (χ0v) is 23.7. The maximum absolute atomic E-state index is 5.33. The summed E-state index contributed by atoms with van der Waals surface area (Å²) < 4.78 is 4.84. The third-order valence-corrected chi connectivity index (χ3v) is 20.2. The molecule has 4 aromatic carbocycles. The molecule has 3 heteroatoms. The second kappa shape index (κ2) is 8.72. The Morgan fingerprint density at radius 3 is 2.31 bits per heavy atom. The Kier molecular flexibility index (Phi) is 5.78. The van der Waals surface area contributed by atoms with Gasteiger partial charge in [-0.2, -0.15) is 0 Å². The molecular weight excluding hydrogens is 500 g/mol. The average molecular weight is 534 g/mol. The van der Waals surface area contributed by atoms with Crippen LogP contribution in [0.1, 0.15) is 53.6 Å². The van der Waals surface area contributed by atoms with Crippen molar-refractivity contribution in [3.05, 3.63) is 107 Å². The van der Waals surface area contributed by atoms with Crippen molar-refractivity contribution in [2.45, 2.75) is 49.8 Å². The quantitative estimate of drug-likeness (QED) is 0.188. The summed E-state index contributed by atoms with van der Waals surface area (Å²) in [7, 11) is 0. The SMILES string of the molecule is [BH]=[Zr]([C]1=CCc2c1ccc1ccc3ccccc3c21)([CH]1C=Cc2ccccc21)[N](C(C)C)C(C)C. The van der Waals surface area contributed by atoms with E-state index in [-0.39, 0.29) is 0 Å². The summed E-state index contributed by atoms with van der Waals surface area (Å²) in [5, 5.41) is 5.48. The second-order valence-electron chi connectivity index (χ2n) is 10.8. The summed E-state index contributed by atoms with van der Waals surface area (Å²) >= 11 is -3.48. The van der Waals surface area contributed by atoms with Crippen LogP contribution in [0.3, 0.4) is 0 Å². The molecule has 0 aromatic heterocycles. The fourth-order valence-electron chi connectivity index (χ4n) is 7.01. The Morgan fingerprint density at radius 2 is 1.51 bits per heavy atom. The van der Waals surface area contributed by atoms with Gasteiger partial charge in [0.05, 0.1) is 0 Å². The molecule has 0 radical (unpaired) electrons. The Labute approximate surface area is 214 Å². The Morgan fingerprint density at radius 1 is 0.829 bits per heavy atom. The average Bonchev–Trinajstić information content (AvgIpc) is 3.48. The van der Waals surface area contributed by atoms with Gasteiger partial charge in [-0.1, -0.05) is 0 Å². The van der Waals surface area contributed by atoms with Crippen LogP contribution in [0.15, 0.2) is 84.9 Å². The van der Waals surface area contributed by atoms with E-state index in [9.17, 15) is 0 Å². The van der Waals surface area contributed by atoms with Gasteiger partial charge in [-0.3, -0.25) is 0 Å². The predicted molar refractivity (Wildman–Crippen MR) is 151 cm³/mol. The summed E-state index contributed by atoms with van der Waals surface area (Å²) in [5.74, 6) is 0. The van der Waals surface area contributed by atoms with Gasteiger partial charge in [-0.15, -0.1) is 0 Å². The van der Waals surface area contributed by atoms with E-state index < -0.39 is 19.8 Å². The van der Waals surface area contributed by atoms with E-state index in [4.69, 9.17) is 4.94 Å². The van der Waals surface area contributed by atoms with Crippen LogP contribution in [-0.2, 0) is 26.2 Å². The number of hydrogen-bond donors (Lipinski definition) is 0. The van der Waals surface area contributed by atoms with Gasteiger partial charge < -0.3 is 0 Å². The summed E-state index contributed by atoms with van der Waals surface area (Å²) in [6.45, 7) is 9.47. The first kappa shape index (κ1) is 23.2. The van der Waals surface area contributed by atoms with Crippen LogP contribution in [-0.4, -0.2) is 19.9 Å².